The highest BCUT2D eigenvalue weighted by Gasteiger charge is 2.51. The average molecular weight is 794 g/mol. The van der Waals surface area contributed by atoms with E-state index in [0.29, 0.717) is 16.5 Å². The summed E-state index contributed by atoms with van der Waals surface area (Å²) >= 11 is 5.47. The summed E-state index contributed by atoms with van der Waals surface area (Å²) in [5.74, 6) is -4.13. The van der Waals surface area contributed by atoms with Crippen LogP contribution in [-0.2, 0) is 36.4 Å². The van der Waals surface area contributed by atoms with Crippen LogP contribution in [0.5, 0.6) is 5.75 Å². The summed E-state index contributed by atoms with van der Waals surface area (Å²) in [6, 6.07) is 11.8. The molecule has 1 unspecified atom stereocenters. The molecule has 2 N–H and O–H groups in total. The predicted molar refractivity (Wildman–Crippen MR) is 188 cm³/mol. The summed E-state index contributed by atoms with van der Waals surface area (Å²) in [4.78, 5) is 53.1. The standard InChI is InChI=1S/C34H32F4N5O9PS/c1-19(29(45)46)40-53(49,18-50-5)52-24-11-6-20(7-12-24)17-51-32(48)41(4)28(44)25-13-10-23(15-27(25)35)43-31(54)42(30(47)33(43,2)3)22-9-8-21(16-39)26(14-22)34(36,37)38/h6-15,19H,17-18H2,1-5H3,(H,40,49)(H,45,46)/t19-,53?/m0/s1. The maximum absolute atomic E-state index is 15.5. The van der Waals surface area contributed by atoms with Gasteiger partial charge in [0.15, 0.2) is 5.11 Å². The summed E-state index contributed by atoms with van der Waals surface area (Å²) in [6.07, 6.45) is -6.48. The van der Waals surface area contributed by atoms with Gasteiger partial charge in [-0.3, -0.25) is 23.8 Å². The average Bonchev–Trinajstić information content (AvgIpc) is 3.28. The Bertz CT molecular complexity index is 2090. The van der Waals surface area contributed by atoms with Gasteiger partial charge in [0.1, 0.15) is 36.1 Å². The molecular formula is C34H32F4N5O9PS. The first-order valence-electron chi connectivity index (χ1n) is 15.6. The van der Waals surface area contributed by atoms with Crippen LogP contribution >= 0.6 is 19.7 Å². The maximum Gasteiger partial charge on any atom is 0.417 e. The van der Waals surface area contributed by atoms with Crippen LogP contribution in [0.2, 0.25) is 0 Å². The number of nitrogens with one attached hydrogen (secondary N) is 1. The van der Waals surface area contributed by atoms with Crippen LogP contribution in [0.4, 0.5) is 33.7 Å². The number of aliphatic carboxylic acids is 1. The second-order valence-electron chi connectivity index (χ2n) is 12.3. The lowest BCUT2D eigenvalue weighted by molar-refractivity contribution is -0.139. The number of ether oxygens (including phenoxy) is 2. The van der Waals surface area contributed by atoms with E-state index in [2.05, 4.69) is 5.09 Å². The van der Waals surface area contributed by atoms with Crippen LogP contribution in [-0.4, -0.2) is 71.1 Å². The lowest BCUT2D eigenvalue weighted by Gasteiger charge is -2.29. The SMILES string of the molecule is COCP(=O)(N[C@@H](C)C(=O)O)Oc1ccc(COC(=O)N(C)C(=O)c2ccc(N3C(=S)N(c4ccc(C#N)c(C(F)(F)F)c4)C(=O)C3(C)C)cc2F)cc1. The van der Waals surface area contributed by atoms with Crippen LogP contribution in [0.3, 0.4) is 0 Å². The number of methoxy groups -OCH3 is 1. The zero-order valence-electron chi connectivity index (χ0n) is 29.1. The second-order valence-corrected chi connectivity index (χ2v) is 14.7. The van der Waals surface area contributed by atoms with E-state index >= 15 is 4.39 Å². The highest BCUT2D eigenvalue weighted by Crippen LogP contribution is 2.44. The van der Waals surface area contributed by atoms with Crippen molar-refractivity contribution >= 4 is 60.1 Å². The molecule has 1 fully saturated rings. The highest BCUT2D eigenvalue weighted by molar-refractivity contribution is 7.81. The van der Waals surface area contributed by atoms with Gasteiger partial charge in [0.05, 0.1) is 28.4 Å². The number of anilines is 2. The van der Waals surface area contributed by atoms with Crippen LogP contribution in [0.25, 0.3) is 0 Å². The van der Waals surface area contributed by atoms with Crippen molar-refractivity contribution in [1.29, 1.82) is 5.26 Å². The van der Waals surface area contributed by atoms with Gasteiger partial charge in [0.2, 0.25) is 0 Å². The van der Waals surface area contributed by atoms with Gasteiger partial charge in [-0.1, -0.05) is 12.1 Å². The molecule has 2 atom stereocenters. The third kappa shape index (κ3) is 8.69. The maximum atomic E-state index is 15.5. The van der Waals surface area contributed by atoms with Crippen molar-refractivity contribution in [2.24, 2.45) is 0 Å². The first kappa shape index (κ1) is 41.3. The molecule has 286 valence electrons. The molecule has 1 heterocycles. The van der Waals surface area contributed by atoms with Crippen LogP contribution in [0.1, 0.15) is 47.8 Å². The molecule has 1 aliphatic rings. The van der Waals surface area contributed by atoms with E-state index in [-0.39, 0.29) is 28.8 Å². The van der Waals surface area contributed by atoms with Crippen LogP contribution < -0.4 is 19.4 Å². The Morgan fingerprint density at radius 3 is 2.28 bits per heavy atom. The molecule has 0 saturated carbocycles. The highest BCUT2D eigenvalue weighted by atomic mass is 32.1. The number of carbonyl (C=O) groups excluding carboxylic acids is 3. The number of hydrogen-bond donors (Lipinski definition) is 2. The molecule has 0 aliphatic carbocycles. The molecule has 3 aromatic carbocycles. The van der Waals surface area contributed by atoms with Gasteiger partial charge in [0, 0.05) is 19.8 Å². The monoisotopic (exact) mass is 793 g/mol. The summed E-state index contributed by atoms with van der Waals surface area (Å²) in [6.45, 7) is 3.76. The topological polar surface area (TPSA) is 179 Å². The normalized spacial score (nSPS) is 15.6. The fourth-order valence-corrected chi connectivity index (χ4v) is 7.41. The number of carboxylic acids is 1. The quantitative estimate of drug-likeness (QED) is 0.119. The molecular weight excluding hydrogens is 761 g/mol. The van der Waals surface area contributed by atoms with E-state index in [1.165, 1.54) is 69.2 Å². The van der Waals surface area contributed by atoms with Crippen LogP contribution in [0.15, 0.2) is 60.7 Å². The molecule has 1 saturated heterocycles. The molecule has 4 rings (SSSR count). The number of carboxylic acid groups (broad SMARTS) is 1. The lowest BCUT2D eigenvalue weighted by atomic mass is 10.0. The van der Waals surface area contributed by atoms with Gasteiger partial charge in [-0.15, -0.1) is 0 Å². The van der Waals surface area contributed by atoms with E-state index in [1.807, 2.05) is 0 Å². The Hall–Kier alpha value is -5.41. The van der Waals surface area contributed by atoms with Gasteiger partial charge in [0.25, 0.3) is 11.8 Å². The van der Waals surface area contributed by atoms with E-state index in [1.54, 1.807) is 0 Å². The molecule has 0 bridgehead atoms. The Balaban J connectivity index is 1.45. The number of carbonyl (C=O) groups is 4. The van der Waals surface area contributed by atoms with E-state index < -0.39 is 78.0 Å². The van der Waals surface area contributed by atoms with Gasteiger partial charge in [-0.05, 0) is 87.1 Å². The number of rotatable bonds is 12. The Labute approximate surface area is 311 Å². The van der Waals surface area contributed by atoms with Crippen molar-refractivity contribution in [2.45, 2.75) is 45.1 Å². The number of amides is 3. The summed E-state index contributed by atoms with van der Waals surface area (Å²) in [7, 11) is -1.47. The molecule has 3 amide bonds. The minimum Gasteiger partial charge on any atom is -0.480 e. The van der Waals surface area contributed by atoms with Crippen molar-refractivity contribution in [3.05, 3.63) is 88.7 Å². The Morgan fingerprint density at radius 1 is 1.09 bits per heavy atom. The Kier molecular flexibility index (Phi) is 12.2. The molecule has 1 aliphatic heterocycles. The third-order valence-electron chi connectivity index (χ3n) is 7.97. The minimum atomic E-state index is -4.91. The molecule has 3 aromatic rings. The number of nitriles is 1. The number of hydrogen-bond acceptors (Lipinski definition) is 10. The van der Waals surface area contributed by atoms with Gasteiger partial charge < -0.3 is 24.0 Å². The number of nitrogens with zero attached hydrogens (tertiary/aromatic N) is 4. The zero-order valence-corrected chi connectivity index (χ0v) is 30.8. The van der Waals surface area contributed by atoms with Crippen molar-refractivity contribution in [1.82, 2.24) is 9.99 Å². The summed E-state index contributed by atoms with van der Waals surface area (Å²) in [5.41, 5.74) is -3.91. The smallest absolute Gasteiger partial charge is 0.417 e. The third-order valence-corrected chi connectivity index (χ3v) is 10.2. The number of alkyl halides is 3. The molecule has 0 radical (unpaired) electrons. The molecule has 0 spiro atoms. The van der Waals surface area contributed by atoms with Gasteiger partial charge >= 0.3 is 25.8 Å². The number of halogens is 4. The zero-order chi connectivity index (χ0) is 40.3. The number of imide groups is 1. The van der Waals surface area contributed by atoms with Crippen molar-refractivity contribution in [3.63, 3.8) is 0 Å². The molecule has 20 heteroatoms. The van der Waals surface area contributed by atoms with Crippen molar-refractivity contribution in [3.8, 4) is 11.8 Å². The first-order chi connectivity index (χ1) is 25.1. The van der Waals surface area contributed by atoms with E-state index in [4.69, 9.17) is 36.6 Å². The van der Waals surface area contributed by atoms with E-state index in [0.717, 1.165) is 36.2 Å². The molecule has 14 nitrogen and oxygen atoms in total. The number of thiocarbonyl (C=S) groups is 1. The van der Waals surface area contributed by atoms with E-state index in [9.17, 15) is 36.9 Å². The van der Waals surface area contributed by atoms with Gasteiger partial charge in [-0.2, -0.15) is 18.4 Å². The molecule has 54 heavy (non-hydrogen) atoms. The molecule has 0 aromatic heterocycles. The van der Waals surface area contributed by atoms with Crippen LogP contribution in [0, 0.1) is 17.1 Å². The fraction of sp³-hybridized carbons (Fsp3) is 0.294. The van der Waals surface area contributed by atoms with Gasteiger partial charge in [-0.25, -0.2) is 19.2 Å². The summed E-state index contributed by atoms with van der Waals surface area (Å²) < 4.78 is 85.1. The van der Waals surface area contributed by atoms with Crippen molar-refractivity contribution < 1.29 is 60.4 Å². The second kappa shape index (κ2) is 15.9. The predicted octanol–water partition coefficient (Wildman–Crippen LogP) is 6.28. The first-order valence-corrected chi connectivity index (χ1v) is 17.8. The lowest BCUT2D eigenvalue weighted by Crippen LogP contribution is -2.44. The Morgan fingerprint density at radius 2 is 1.72 bits per heavy atom. The fourth-order valence-electron chi connectivity index (χ4n) is 5.21. The van der Waals surface area contributed by atoms with Crippen molar-refractivity contribution in [2.75, 3.05) is 30.3 Å². The number of benzene rings is 3. The summed E-state index contributed by atoms with van der Waals surface area (Å²) in [5, 5.41) is 20.4. The largest absolute Gasteiger partial charge is 0.480 e. The minimum absolute atomic E-state index is 0.0250.